The van der Waals surface area contributed by atoms with E-state index >= 15 is 0 Å². The van der Waals surface area contributed by atoms with Crippen LogP contribution < -0.4 is 10.6 Å². The van der Waals surface area contributed by atoms with E-state index in [4.69, 9.17) is 12.2 Å². The van der Waals surface area contributed by atoms with Gasteiger partial charge in [0.25, 0.3) is 0 Å². The zero-order valence-electron chi connectivity index (χ0n) is 13.8. The lowest BCUT2D eigenvalue weighted by Crippen LogP contribution is -2.44. The third-order valence-corrected chi connectivity index (χ3v) is 5.40. The third-order valence-electron chi connectivity index (χ3n) is 4.24. The Balaban J connectivity index is 1.92. The molecule has 0 radical (unpaired) electrons. The molecule has 0 bridgehead atoms. The number of thiophene rings is 1. The summed E-state index contributed by atoms with van der Waals surface area (Å²) in [7, 11) is 0. The van der Waals surface area contributed by atoms with Crippen LogP contribution in [0.4, 0.5) is 0 Å². The number of carbonyl (C=O) groups excluding carboxylic acids is 1. The van der Waals surface area contributed by atoms with Gasteiger partial charge >= 0.3 is 0 Å². The minimum absolute atomic E-state index is 0.00893. The molecule has 1 aromatic heterocycles. The summed E-state index contributed by atoms with van der Waals surface area (Å²) in [5, 5.41) is 9.01. The number of rotatable bonds is 4. The van der Waals surface area contributed by atoms with E-state index in [0.29, 0.717) is 16.2 Å². The zero-order valence-corrected chi connectivity index (χ0v) is 15.4. The third kappa shape index (κ3) is 3.19. The molecule has 0 saturated carbocycles. The Kier molecular flexibility index (Phi) is 4.65. The van der Waals surface area contributed by atoms with Crippen LogP contribution in [-0.2, 0) is 0 Å². The molecule has 1 unspecified atom stereocenters. The molecule has 0 spiro atoms. The molecule has 3 aromatic rings. The lowest BCUT2D eigenvalue weighted by molar-refractivity contribution is 0.102. The number of carbonyl (C=O) groups is 1. The van der Waals surface area contributed by atoms with Gasteiger partial charge < -0.3 is 10.6 Å². The van der Waals surface area contributed by atoms with Crippen molar-refractivity contribution in [2.24, 2.45) is 0 Å². The van der Waals surface area contributed by atoms with Gasteiger partial charge in [-0.25, -0.2) is 0 Å². The molecule has 0 aliphatic carbocycles. The first-order valence-electron chi connectivity index (χ1n) is 8.24. The van der Waals surface area contributed by atoms with Gasteiger partial charge in [0, 0.05) is 10.4 Å². The van der Waals surface area contributed by atoms with E-state index in [-0.39, 0.29) is 11.8 Å². The summed E-state index contributed by atoms with van der Waals surface area (Å²) >= 11 is 7.04. The average molecular weight is 377 g/mol. The molecular formula is C21H16N2OS2. The Hall–Kier alpha value is -2.76. The second-order valence-electron chi connectivity index (χ2n) is 5.90. The molecule has 0 amide bonds. The van der Waals surface area contributed by atoms with Gasteiger partial charge in [-0.1, -0.05) is 66.7 Å². The van der Waals surface area contributed by atoms with E-state index in [1.165, 1.54) is 0 Å². The van der Waals surface area contributed by atoms with E-state index in [9.17, 15) is 4.79 Å². The molecule has 4 rings (SSSR count). The molecule has 1 atom stereocenters. The van der Waals surface area contributed by atoms with Crippen LogP contribution in [-0.4, -0.2) is 10.9 Å². The first-order chi connectivity index (χ1) is 12.7. The summed E-state index contributed by atoms with van der Waals surface area (Å²) < 4.78 is 0. The molecule has 26 heavy (non-hydrogen) atoms. The van der Waals surface area contributed by atoms with Crippen molar-refractivity contribution in [3.8, 4) is 0 Å². The first-order valence-corrected chi connectivity index (χ1v) is 9.53. The fourth-order valence-corrected chi connectivity index (χ4v) is 4.06. The Labute approximate surface area is 161 Å². The van der Waals surface area contributed by atoms with Gasteiger partial charge in [-0.3, -0.25) is 4.79 Å². The van der Waals surface area contributed by atoms with E-state index in [0.717, 1.165) is 16.1 Å². The summed E-state index contributed by atoms with van der Waals surface area (Å²) in [5.74, 6) is -0.00893. The maximum absolute atomic E-state index is 13.4. The molecular weight excluding hydrogens is 360 g/mol. The predicted octanol–water partition coefficient (Wildman–Crippen LogP) is 4.56. The van der Waals surface area contributed by atoms with E-state index < -0.39 is 0 Å². The van der Waals surface area contributed by atoms with E-state index in [2.05, 4.69) is 10.6 Å². The Bertz CT molecular complexity index is 964. The standard InChI is InChI=1S/C21H16N2OS2/c24-20(15-10-5-2-6-11-15)17-18(14-8-3-1-4-9-14)22-21(25)23-19(17)16-12-7-13-26-16/h1-13,19H,(H2,22,23,25). The van der Waals surface area contributed by atoms with Gasteiger partial charge in [0.15, 0.2) is 10.9 Å². The second-order valence-corrected chi connectivity index (χ2v) is 7.28. The largest absolute Gasteiger partial charge is 0.350 e. The fraction of sp³-hybridized carbons (Fsp3) is 0.0476. The lowest BCUT2D eigenvalue weighted by atomic mass is 9.90. The Morgan fingerprint density at radius 1 is 0.923 bits per heavy atom. The van der Waals surface area contributed by atoms with Crippen molar-refractivity contribution in [3.05, 3.63) is 99.8 Å². The van der Waals surface area contributed by atoms with Crippen molar-refractivity contribution in [1.82, 2.24) is 10.6 Å². The SMILES string of the molecule is O=C(C1=C(c2ccccc2)NC(=S)NC1c1cccs1)c1ccccc1. The quantitative estimate of drug-likeness (QED) is 0.517. The minimum Gasteiger partial charge on any atom is -0.350 e. The molecule has 1 aliphatic rings. The van der Waals surface area contributed by atoms with Crippen molar-refractivity contribution in [2.45, 2.75) is 6.04 Å². The smallest absolute Gasteiger partial charge is 0.193 e. The molecule has 2 heterocycles. The van der Waals surface area contributed by atoms with Crippen molar-refractivity contribution in [2.75, 3.05) is 0 Å². The van der Waals surface area contributed by atoms with Crippen LogP contribution in [0.3, 0.4) is 0 Å². The Morgan fingerprint density at radius 2 is 1.62 bits per heavy atom. The van der Waals surface area contributed by atoms with Gasteiger partial charge in [0.2, 0.25) is 0 Å². The predicted molar refractivity (Wildman–Crippen MR) is 110 cm³/mol. The highest BCUT2D eigenvalue weighted by Gasteiger charge is 2.32. The summed E-state index contributed by atoms with van der Waals surface area (Å²) in [4.78, 5) is 14.5. The molecule has 0 saturated heterocycles. The van der Waals surface area contributed by atoms with Crippen LogP contribution in [0.2, 0.25) is 0 Å². The van der Waals surface area contributed by atoms with Gasteiger partial charge in [0.1, 0.15) is 0 Å². The lowest BCUT2D eigenvalue weighted by Gasteiger charge is -2.31. The van der Waals surface area contributed by atoms with Crippen molar-refractivity contribution in [1.29, 1.82) is 0 Å². The monoisotopic (exact) mass is 376 g/mol. The van der Waals surface area contributed by atoms with Crippen molar-refractivity contribution >= 4 is 40.1 Å². The van der Waals surface area contributed by atoms with Crippen molar-refractivity contribution < 1.29 is 4.79 Å². The second kappa shape index (κ2) is 7.23. The number of nitrogens with one attached hydrogen (secondary N) is 2. The first kappa shape index (κ1) is 16.7. The average Bonchev–Trinajstić information content (AvgIpc) is 3.23. The molecule has 5 heteroatoms. The van der Waals surface area contributed by atoms with Crippen LogP contribution >= 0.6 is 23.6 Å². The van der Waals surface area contributed by atoms with Gasteiger partial charge in [-0.2, -0.15) is 0 Å². The number of benzene rings is 2. The number of thiocarbonyl (C=S) groups is 1. The molecule has 0 fully saturated rings. The fourth-order valence-electron chi connectivity index (χ4n) is 3.06. The van der Waals surface area contributed by atoms with Crippen LogP contribution in [0.15, 0.2) is 83.7 Å². The van der Waals surface area contributed by atoms with E-state index in [1.807, 2.05) is 78.2 Å². The zero-order chi connectivity index (χ0) is 17.9. The van der Waals surface area contributed by atoms with Crippen LogP contribution in [0.25, 0.3) is 5.70 Å². The number of Topliss-reactive ketones (excluding diaryl/α,β-unsaturated/α-hetero) is 1. The van der Waals surface area contributed by atoms with Crippen LogP contribution in [0, 0.1) is 0 Å². The highest BCUT2D eigenvalue weighted by Crippen LogP contribution is 2.35. The van der Waals surface area contributed by atoms with Crippen molar-refractivity contribution in [3.63, 3.8) is 0 Å². The number of hydrogen-bond acceptors (Lipinski definition) is 3. The number of ketones is 1. The van der Waals surface area contributed by atoms with Gasteiger partial charge in [0.05, 0.1) is 17.3 Å². The number of hydrogen-bond donors (Lipinski definition) is 2. The highest BCUT2D eigenvalue weighted by molar-refractivity contribution is 7.80. The maximum atomic E-state index is 13.4. The molecule has 1 aliphatic heterocycles. The minimum atomic E-state index is -0.272. The molecule has 3 nitrogen and oxygen atoms in total. The van der Waals surface area contributed by atoms with Gasteiger partial charge in [-0.05, 0) is 29.2 Å². The maximum Gasteiger partial charge on any atom is 0.193 e. The molecule has 128 valence electrons. The molecule has 2 N–H and O–H groups in total. The highest BCUT2D eigenvalue weighted by atomic mass is 32.1. The van der Waals surface area contributed by atoms with E-state index in [1.54, 1.807) is 11.3 Å². The summed E-state index contributed by atoms with van der Waals surface area (Å²) in [6, 6.07) is 22.9. The summed E-state index contributed by atoms with van der Waals surface area (Å²) in [6.07, 6.45) is 0. The summed E-state index contributed by atoms with van der Waals surface area (Å²) in [5.41, 5.74) is 3.05. The van der Waals surface area contributed by atoms with Crippen LogP contribution in [0.1, 0.15) is 26.8 Å². The summed E-state index contributed by atoms with van der Waals surface area (Å²) in [6.45, 7) is 0. The molecule has 2 aromatic carbocycles. The van der Waals surface area contributed by atoms with Crippen LogP contribution in [0.5, 0.6) is 0 Å². The normalized spacial score (nSPS) is 16.8. The topological polar surface area (TPSA) is 41.1 Å². The van der Waals surface area contributed by atoms with Gasteiger partial charge in [-0.15, -0.1) is 11.3 Å². The Morgan fingerprint density at radius 3 is 2.27 bits per heavy atom.